The third kappa shape index (κ3) is 2.67. The molecule has 1 aromatic carbocycles. The van der Waals surface area contributed by atoms with Crippen molar-refractivity contribution in [3.8, 4) is 5.75 Å². The standard InChI is InChI=1S/C15H21NO3/c1-5-11-6-7-13-12(8-11)16(10(2)14(17)18)9-15(3,4)19-13/h6-8,10H,5,9H2,1-4H3,(H,17,18). The van der Waals surface area contributed by atoms with Crippen molar-refractivity contribution < 1.29 is 14.6 Å². The lowest BCUT2D eigenvalue weighted by molar-refractivity contribution is -0.138. The van der Waals surface area contributed by atoms with Crippen molar-refractivity contribution in [2.75, 3.05) is 11.4 Å². The molecule has 1 aliphatic heterocycles. The fraction of sp³-hybridized carbons (Fsp3) is 0.533. The molecule has 0 saturated heterocycles. The van der Waals surface area contributed by atoms with Crippen LogP contribution >= 0.6 is 0 Å². The second-order valence-electron chi connectivity index (χ2n) is 5.66. The number of anilines is 1. The Bertz CT molecular complexity index is 496. The smallest absolute Gasteiger partial charge is 0.326 e. The zero-order chi connectivity index (χ0) is 14.2. The summed E-state index contributed by atoms with van der Waals surface area (Å²) in [6.07, 6.45) is 0.923. The van der Waals surface area contributed by atoms with E-state index in [4.69, 9.17) is 4.74 Å². The number of benzene rings is 1. The number of ether oxygens (including phenoxy) is 1. The second-order valence-corrected chi connectivity index (χ2v) is 5.66. The van der Waals surface area contributed by atoms with Crippen molar-refractivity contribution in [3.63, 3.8) is 0 Å². The largest absolute Gasteiger partial charge is 0.484 e. The predicted molar refractivity (Wildman–Crippen MR) is 75.0 cm³/mol. The van der Waals surface area contributed by atoms with Crippen LogP contribution in [0.3, 0.4) is 0 Å². The molecular weight excluding hydrogens is 242 g/mol. The molecule has 0 fully saturated rings. The lowest BCUT2D eigenvalue weighted by atomic mass is 10.0. The van der Waals surface area contributed by atoms with Gasteiger partial charge in [0.15, 0.2) is 0 Å². The van der Waals surface area contributed by atoms with Crippen molar-refractivity contribution in [1.82, 2.24) is 0 Å². The molecule has 0 aromatic heterocycles. The van der Waals surface area contributed by atoms with Crippen LogP contribution in [0.25, 0.3) is 0 Å². The van der Waals surface area contributed by atoms with Crippen LogP contribution in [0.15, 0.2) is 18.2 Å². The zero-order valence-corrected chi connectivity index (χ0v) is 11.9. The van der Waals surface area contributed by atoms with Crippen molar-refractivity contribution in [2.24, 2.45) is 0 Å². The average molecular weight is 263 g/mol. The van der Waals surface area contributed by atoms with Gasteiger partial charge >= 0.3 is 5.97 Å². The molecule has 1 aromatic rings. The maximum atomic E-state index is 11.3. The normalized spacial score (nSPS) is 18.4. The Morgan fingerprint density at radius 1 is 1.53 bits per heavy atom. The van der Waals surface area contributed by atoms with Crippen molar-refractivity contribution in [3.05, 3.63) is 23.8 Å². The quantitative estimate of drug-likeness (QED) is 0.911. The van der Waals surface area contributed by atoms with Crippen molar-refractivity contribution in [1.29, 1.82) is 0 Å². The van der Waals surface area contributed by atoms with E-state index < -0.39 is 12.0 Å². The molecule has 4 heteroatoms. The highest BCUT2D eigenvalue weighted by Crippen LogP contribution is 2.38. The molecule has 4 nitrogen and oxygen atoms in total. The van der Waals surface area contributed by atoms with Gasteiger partial charge in [-0.25, -0.2) is 4.79 Å². The fourth-order valence-corrected chi connectivity index (χ4v) is 2.40. The third-order valence-corrected chi connectivity index (χ3v) is 3.50. The monoisotopic (exact) mass is 263 g/mol. The van der Waals surface area contributed by atoms with E-state index in [1.165, 1.54) is 5.56 Å². The number of rotatable bonds is 3. The molecule has 0 amide bonds. The Morgan fingerprint density at radius 3 is 2.79 bits per heavy atom. The highest BCUT2D eigenvalue weighted by atomic mass is 16.5. The number of fused-ring (bicyclic) bond motifs is 1. The van der Waals surface area contributed by atoms with Gasteiger partial charge in [0.1, 0.15) is 17.4 Å². The van der Waals surface area contributed by atoms with Crippen LogP contribution in [0.4, 0.5) is 5.69 Å². The van der Waals surface area contributed by atoms with Gasteiger partial charge < -0.3 is 14.7 Å². The van der Waals surface area contributed by atoms with Gasteiger partial charge in [0.25, 0.3) is 0 Å². The van der Waals surface area contributed by atoms with Gasteiger partial charge in [-0.3, -0.25) is 0 Å². The summed E-state index contributed by atoms with van der Waals surface area (Å²) in [5, 5.41) is 9.27. The van der Waals surface area contributed by atoms with Crippen LogP contribution in [0.2, 0.25) is 0 Å². The third-order valence-electron chi connectivity index (χ3n) is 3.50. The first kappa shape index (κ1) is 13.7. The van der Waals surface area contributed by atoms with E-state index in [2.05, 4.69) is 6.92 Å². The minimum atomic E-state index is -0.814. The maximum absolute atomic E-state index is 11.3. The fourth-order valence-electron chi connectivity index (χ4n) is 2.40. The summed E-state index contributed by atoms with van der Waals surface area (Å²) in [4.78, 5) is 13.2. The molecule has 0 radical (unpaired) electrons. The van der Waals surface area contributed by atoms with E-state index >= 15 is 0 Å². The van der Waals surface area contributed by atoms with E-state index in [-0.39, 0.29) is 5.60 Å². The van der Waals surface area contributed by atoms with Crippen molar-refractivity contribution in [2.45, 2.75) is 45.8 Å². The molecule has 104 valence electrons. The Hall–Kier alpha value is -1.71. The number of nitrogens with zero attached hydrogens (tertiary/aromatic N) is 1. The molecule has 1 aliphatic rings. The second kappa shape index (κ2) is 4.76. The summed E-state index contributed by atoms with van der Waals surface area (Å²) in [5.41, 5.74) is 1.68. The summed E-state index contributed by atoms with van der Waals surface area (Å²) in [6.45, 7) is 8.32. The highest BCUT2D eigenvalue weighted by Gasteiger charge is 2.36. The SMILES string of the molecule is CCc1ccc2c(c1)N(C(C)C(=O)O)CC(C)(C)O2. The molecule has 19 heavy (non-hydrogen) atoms. The molecule has 0 spiro atoms. The number of hydrogen-bond donors (Lipinski definition) is 1. The van der Waals surface area contributed by atoms with Gasteiger partial charge in [-0.1, -0.05) is 13.0 Å². The van der Waals surface area contributed by atoms with Gasteiger partial charge in [-0.15, -0.1) is 0 Å². The summed E-state index contributed by atoms with van der Waals surface area (Å²) in [6, 6.07) is 5.44. The van der Waals surface area contributed by atoms with Crippen LogP contribution < -0.4 is 9.64 Å². The minimum absolute atomic E-state index is 0.384. The van der Waals surface area contributed by atoms with Gasteiger partial charge in [0.2, 0.25) is 0 Å². The number of hydrogen-bond acceptors (Lipinski definition) is 3. The summed E-state index contributed by atoms with van der Waals surface area (Å²) in [5.74, 6) is -0.0490. The minimum Gasteiger partial charge on any atom is -0.484 e. The lowest BCUT2D eigenvalue weighted by Gasteiger charge is -2.42. The predicted octanol–water partition coefficient (Wildman–Crippen LogP) is 2.70. The highest BCUT2D eigenvalue weighted by molar-refractivity contribution is 5.79. The van der Waals surface area contributed by atoms with Gasteiger partial charge in [-0.2, -0.15) is 0 Å². The van der Waals surface area contributed by atoms with E-state index in [1.54, 1.807) is 6.92 Å². The number of aliphatic carboxylic acids is 1. The summed E-state index contributed by atoms with van der Waals surface area (Å²) >= 11 is 0. The van der Waals surface area contributed by atoms with Gasteiger partial charge in [-0.05, 0) is 44.9 Å². The molecule has 1 N–H and O–H groups in total. The molecule has 1 atom stereocenters. The number of aryl methyl sites for hydroxylation is 1. The maximum Gasteiger partial charge on any atom is 0.326 e. The first-order valence-corrected chi connectivity index (χ1v) is 6.65. The van der Waals surface area contributed by atoms with Crippen LogP contribution in [0, 0.1) is 0 Å². The molecule has 2 rings (SSSR count). The van der Waals surface area contributed by atoms with E-state index in [0.29, 0.717) is 6.54 Å². The van der Waals surface area contributed by atoms with Crippen LogP contribution in [0.1, 0.15) is 33.3 Å². The van der Waals surface area contributed by atoms with E-state index in [0.717, 1.165) is 17.9 Å². The number of carbonyl (C=O) groups is 1. The molecule has 1 unspecified atom stereocenters. The van der Waals surface area contributed by atoms with E-state index in [9.17, 15) is 9.90 Å². The summed E-state index contributed by atoms with van der Waals surface area (Å²) in [7, 11) is 0. The van der Waals surface area contributed by atoms with Crippen LogP contribution in [0.5, 0.6) is 5.75 Å². The van der Waals surface area contributed by atoms with E-state index in [1.807, 2.05) is 36.9 Å². The summed E-state index contributed by atoms with van der Waals surface area (Å²) < 4.78 is 5.94. The van der Waals surface area contributed by atoms with Gasteiger partial charge in [0, 0.05) is 0 Å². The first-order chi connectivity index (χ1) is 8.84. The van der Waals surface area contributed by atoms with Gasteiger partial charge in [0.05, 0.1) is 12.2 Å². The molecule has 0 bridgehead atoms. The molecule has 1 heterocycles. The lowest BCUT2D eigenvalue weighted by Crippen LogP contribution is -2.52. The average Bonchev–Trinajstić information content (AvgIpc) is 2.35. The molecule has 0 saturated carbocycles. The van der Waals surface area contributed by atoms with Crippen LogP contribution in [-0.4, -0.2) is 29.3 Å². The van der Waals surface area contributed by atoms with Crippen molar-refractivity contribution >= 4 is 11.7 Å². The first-order valence-electron chi connectivity index (χ1n) is 6.65. The van der Waals surface area contributed by atoms with Crippen LogP contribution in [-0.2, 0) is 11.2 Å². The Morgan fingerprint density at radius 2 is 2.21 bits per heavy atom. The zero-order valence-electron chi connectivity index (χ0n) is 11.9. The Balaban J connectivity index is 2.47. The topological polar surface area (TPSA) is 49.8 Å². The Kier molecular flexibility index (Phi) is 3.43. The molecule has 0 aliphatic carbocycles. The Labute approximate surface area is 114 Å². The molecular formula is C15H21NO3. The number of carboxylic acids is 1. The number of carboxylic acid groups (broad SMARTS) is 1.